The molecular weight excluding hydrogens is 415 g/mol. The van der Waals surface area contributed by atoms with E-state index in [1.54, 1.807) is 6.92 Å². The number of rotatable bonds is 5. The summed E-state index contributed by atoms with van der Waals surface area (Å²) in [6.45, 7) is 1.61. The number of hydrogen-bond acceptors (Lipinski definition) is 1. The molecule has 0 aliphatic heterocycles. The standard InChI is InChI=1S/C27H23AsO/c1-22(29)24-19-17-23(18-20-24)21-28(25-11-5-2-6-12-25,26-13-7-3-8-14-26)27-15-9-4-10-16-27/h2-21H,1H3. The van der Waals surface area contributed by atoms with E-state index >= 15 is 0 Å². The fourth-order valence-corrected chi connectivity index (χ4v) is 11.8. The molecule has 0 fully saturated rings. The Labute approximate surface area is 174 Å². The van der Waals surface area contributed by atoms with Gasteiger partial charge in [0.15, 0.2) is 0 Å². The summed E-state index contributed by atoms with van der Waals surface area (Å²) in [6.07, 6.45) is 0. The van der Waals surface area contributed by atoms with Gasteiger partial charge in [0.1, 0.15) is 0 Å². The molecule has 0 aliphatic carbocycles. The Morgan fingerprint density at radius 2 is 0.966 bits per heavy atom. The van der Waals surface area contributed by atoms with Crippen molar-refractivity contribution in [3.8, 4) is 0 Å². The Hall–Kier alpha value is -3.02. The van der Waals surface area contributed by atoms with Crippen LogP contribution in [0.2, 0.25) is 0 Å². The Kier molecular flexibility index (Phi) is 5.69. The molecule has 1 nitrogen and oxygen atoms in total. The van der Waals surface area contributed by atoms with Crippen molar-refractivity contribution in [3.05, 3.63) is 126 Å². The molecule has 0 heterocycles. The molecular formula is C27H23AsO. The van der Waals surface area contributed by atoms with Gasteiger partial charge in [-0.25, -0.2) is 0 Å². The first kappa shape index (κ1) is 19.3. The minimum absolute atomic E-state index is 0.0946. The normalized spacial score (nSPS) is 11.1. The van der Waals surface area contributed by atoms with Crippen LogP contribution in [0.1, 0.15) is 22.8 Å². The second-order valence-electron chi connectivity index (χ2n) is 7.04. The number of Topliss-reactive ketones (excluding diaryl/α,β-unsaturated/α-hetero) is 1. The third kappa shape index (κ3) is 3.92. The minimum atomic E-state index is -2.89. The van der Waals surface area contributed by atoms with Crippen LogP contribution in [0.25, 0.3) is 0 Å². The molecule has 0 atom stereocenters. The van der Waals surface area contributed by atoms with Gasteiger partial charge in [-0.05, 0) is 0 Å². The summed E-state index contributed by atoms with van der Waals surface area (Å²) in [5.41, 5.74) is 1.90. The van der Waals surface area contributed by atoms with Crippen LogP contribution < -0.4 is 13.1 Å². The zero-order valence-corrected chi connectivity index (χ0v) is 18.3. The molecule has 0 bridgehead atoms. The van der Waals surface area contributed by atoms with Crippen LogP contribution >= 0.6 is 0 Å². The van der Waals surface area contributed by atoms with Crippen molar-refractivity contribution in [1.29, 1.82) is 0 Å². The van der Waals surface area contributed by atoms with E-state index < -0.39 is 13.1 Å². The van der Waals surface area contributed by atoms with Crippen LogP contribution in [0.5, 0.6) is 0 Å². The zero-order chi connectivity index (χ0) is 20.1. The van der Waals surface area contributed by atoms with Crippen molar-refractivity contribution in [1.82, 2.24) is 0 Å². The van der Waals surface area contributed by atoms with Crippen molar-refractivity contribution in [2.75, 3.05) is 0 Å². The fraction of sp³-hybridized carbons (Fsp3) is 0.0370. The first-order valence-electron chi connectivity index (χ1n) is 9.73. The van der Waals surface area contributed by atoms with Crippen LogP contribution in [-0.4, -0.2) is 23.7 Å². The number of hydrogen-bond donors (Lipinski definition) is 0. The number of ketones is 1. The number of carbonyl (C=O) groups is 1. The van der Waals surface area contributed by atoms with Gasteiger partial charge >= 0.3 is 175 Å². The molecule has 142 valence electrons. The van der Waals surface area contributed by atoms with Crippen molar-refractivity contribution in [3.63, 3.8) is 0 Å². The van der Waals surface area contributed by atoms with Gasteiger partial charge in [-0.1, -0.05) is 0 Å². The summed E-state index contributed by atoms with van der Waals surface area (Å²) in [5, 5.41) is 0. The van der Waals surface area contributed by atoms with Crippen LogP contribution in [0.3, 0.4) is 0 Å². The SMILES string of the molecule is CC(=O)c1ccc(C=[As](c2ccccc2)(c2ccccc2)c2ccccc2)cc1. The molecule has 0 aliphatic rings. The molecule has 0 unspecified atom stereocenters. The van der Waals surface area contributed by atoms with E-state index in [4.69, 9.17) is 0 Å². The van der Waals surface area contributed by atoms with Gasteiger partial charge in [-0.2, -0.15) is 0 Å². The van der Waals surface area contributed by atoms with E-state index in [-0.39, 0.29) is 5.78 Å². The molecule has 0 saturated heterocycles. The number of carbonyl (C=O) groups excluding carboxylic acids is 1. The third-order valence-electron chi connectivity index (χ3n) is 5.15. The Bertz CT molecular complexity index is 1040. The van der Waals surface area contributed by atoms with Crippen LogP contribution in [0.15, 0.2) is 115 Å². The van der Waals surface area contributed by atoms with Crippen molar-refractivity contribution >= 4 is 36.8 Å². The maximum atomic E-state index is 11.7. The summed E-state index contributed by atoms with van der Waals surface area (Å²) in [4.78, 5) is 14.2. The maximum absolute atomic E-state index is 11.7. The Morgan fingerprint density at radius 1 is 0.586 bits per heavy atom. The van der Waals surface area contributed by atoms with Crippen LogP contribution in [0, 0.1) is 0 Å². The molecule has 29 heavy (non-hydrogen) atoms. The summed E-state index contributed by atoms with van der Waals surface area (Å²) >= 11 is -2.89. The van der Waals surface area contributed by atoms with Crippen molar-refractivity contribution in [2.24, 2.45) is 0 Å². The molecule has 0 N–H and O–H groups in total. The average molecular weight is 438 g/mol. The second-order valence-corrected chi connectivity index (χ2v) is 13.9. The van der Waals surface area contributed by atoms with Gasteiger partial charge in [-0.15, -0.1) is 0 Å². The second kappa shape index (κ2) is 8.55. The fourth-order valence-electron chi connectivity index (χ4n) is 3.69. The van der Waals surface area contributed by atoms with Crippen LogP contribution in [-0.2, 0) is 0 Å². The van der Waals surface area contributed by atoms with Gasteiger partial charge < -0.3 is 0 Å². The third-order valence-corrected chi connectivity index (χ3v) is 13.6. The van der Waals surface area contributed by atoms with Gasteiger partial charge in [0, 0.05) is 0 Å². The Balaban J connectivity index is 2.06. The molecule has 0 amide bonds. The zero-order valence-electron chi connectivity index (χ0n) is 16.4. The molecule has 4 aromatic carbocycles. The molecule has 0 aromatic heterocycles. The summed E-state index contributed by atoms with van der Waals surface area (Å²) in [6, 6.07) is 40.5. The predicted octanol–water partition coefficient (Wildman–Crippen LogP) is 3.79. The van der Waals surface area contributed by atoms with E-state index in [1.165, 1.54) is 13.1 Å². The monoisotopic (exact) mass is 438 g/mol. The predicted molar refractivity (Wildman–Crippen MR) is 126 cm³/mol. The van der Waals surface area contributed by atoms with Gasteiger partial charge in [0.2, 0.25) is 0 Å². The van der Waals surface area contributed by atoms with Gasteiger partial charge in [-0.3, -0.25) is 0 Å². The van der Waals surface area contributed by atoms with E-state index in [9.17, 15) is 4.79 Å². The first-order valence-corrected chi connectivity index (χ1v) is 13.6. The first-order chi connectivity index (χ1) is 14.2. The quantitative estimate of drug-likeness (QED) is 0.342. The molecule has 4 aromatic rings. The van der Waals surface area contributed by atoms with Crippen LogP contribution in [0.4, 0.5) is 0 Å². The average Bonchev–Trinajstić information content (AvgIpc) is 2.79. The van der Waals surface area contributed by atoms with E-state index in [0.717, 1.165) is 11.1 Å². The Morgan fingerprint density at radius 3 is 1.31 bits per heavy atom. The van der Waals surface area contributed by atoms with E-state index in [0.29, 0.717) is 0 Å². The van der Waals surface area contributed by atoms with E-state index in [1.807, 2.05) is 12.1 Å². The summed E-state index contributed by atoms with van der Waals surface area (Å²) in [7, 11) is 0. The van der Waals surface area contributed by atoms with Gasteiger partial charge in [0.25, 0.3) is 0 Å². The topological polar surface area (TPSA) is 17.1 Å². The molecule has 4 rings (SSSR count). The van der Waals surface area contributed by atoms with Gasteiger partial charge in [0.05, 0.1) is 0 Å². The molecule has 0 radical (unpaired) electrons. The number of benzene rings is 4. The molecule has 2 heteroatoms. The van der Waals surface area contributed by atoms with Crippen molar-refractivity contribution in [2.45, 2.75) is 6.92 Å². The van der Waals surface area contributed by atoms with Crippen molar-refractivity contribution < 1.29 is 4.79 Å². The molecule has 0 spiro atoms. The summed E-state index contributed by atoms with van der Waals surface area (Å²) in [5.74, 6) is 0.0946. The molecule has 0 saturated carbocycles. The van der Waals surface area contributed by atoms with E-state index in [2.05, 4.69) is 108 Å². The summed E-state index contributed by atoms with van der Waals surface area (Å²) < 4.78 is 4.12.